The van der Waals surface area contributed by atoms with Crippen LogP contribution in [0.4, 0.5) is 16.2 Å². The molecule has 0 fully saturated rings. The predicted octanol–water partition coefficient (Wildman–Crippen LogP) is 2.67. The third-order valence-corrected chi connectivity index (χ3v) is 2.45. The van der Waals surface area contributed by atoms with Crippen LogP contribution in [0.15, 0.2) is 54.9 Å². The lowest BCUT2D eigenvalue weighted by Crippen LogP contribution is -2.38. The van der Waals surface area contributed by atoms with Gasteiger partial charge in [-0.2, -0.15) is 0 Å². The van der Waals surface area contributed by atoms with Crippen LogP contribution < -0.4 is 10.2 Å². The minimum absolute atomic E-state index is 0.374. The molecule has 1 N–H and O–H groups in total. The molecule has 2 rings (SSSR count). The van der Waals surface area contributed by atoms with Crippen LogP contribution in [0.25, 0.3) is 0 Å². The van der Waals surface area contributed by atoms with Gasteiger partial charge in [0.15, 0.2) is 0 Å². The largest absolute Gasteiger partial charge is 0.333 e. The summed E-state index contributed by atoms with van der Waals surface area (Å²) < 4.78 is 0. The summed E-state index contributed by atoms with van der Waals surface area (Å²) in [7, 11) is 0. The summed E-state index contributed by atoms with van der Waals surface area (Å²) in [5.41, 5.74) is 1.06. The molecule has 0 aliphatic rings. The van der Waals surface area contributed by atoms with E-state index in [2.05, 4.69) is 10.3 Å². The lowest BCUT2D eigenvalue weighted by Gasteiger charge is -2.19. The van der Waals surface area contributed by atoms with Crippen molar-refractivity contribution in [2.75, 3.05) is 10.2 Å². The van der Waals surface area contributed by atoms with Crippen LogP contribution in [-0.2, 0) is 4.79 Å². The van der Waals surface area contributed by atoms with Crippen molar-refractivity contribution in [2.45, 2.75) is 6.92 Å². The summed E-state index contributed by atoms with van der Waals surface area (Å²) in [6.45, 7) is 1.33. The number of hydrogen-bond acceptors (Lipinski definition) is 3. The Bertz CT molecular complexity index is 570. The van der Waals surface area contributed by atoms with Gasteiger partial charge in [-0.15, -0.1) is 0 Å². The molecule has 0 radical (unpaired) electrons. The number of urea groups is 1. The first-order chi connectivity index (χ1) is 9.18. The van der Waals surface area contributed by atoms with Crippen LogP contribution in [0.1, 0.15) is 6.92 Å². The first kappa shape index (κ1) is 12.8. The van der Waals surface area contributed by atoms with E-state index in [0.717, 1.165) is 4.90 Å². The van der Waals surface area contributed by atoms with Crippen LogP contribution >= 0.6 is 0 Å². The van der Waals surface area contributed by atoms with E-state index in [1.54, 1.807) is 42.6 Å². The Hall–Kier alpha value is -2.69. The minimum Gasteiger partial charge on any atom is -0.307 e. The molecule has 1 aromatic carbocycles. The van der Waals surface area contributed by atoms with Gasteiger partial charge >= 0.3 is 6.03 Å². The van der Waals surface area contributed by atoms with Crippen molar-refractivity contribution in [1.29, 1.82) is 0 Å². The fourth-order valence-corrected chi connectivity index (χ4v) is 1.63. The minimum atomic E-state index is -0.508. The highest BCUT2D eigenvalue weighted by Gasteiger charge is 2.20. The smallest absolute Gasteiger partial charge is 0.307 e. The Labute approximate surface area is 110 Å². The SMILES string of the molecule is CC(=O)N(C(=O)Nc1ccccc1)c1cccnc1. The predicted molar refractivity (Wildman–Crippen MR) is 72.9 cm³/mol. The lowest BCUT2D eigenvalue weighted by molar-refractivity contribution is -0.115. The van der Waals surface area contributed by atoms with Crippen LogP contribution in [0.5, 0.6) is 0 Å². The van der Waals surface area contributed by atoms with Crippen molar-refractivity contribution >= 4 is 23.3 Å². The summed E-state index contributed by atoms with van der Waals surface area (Å²) in [5, 5.41) is 2.66. The molecule has 0 aliphatic heterocycles. The fraction of sp³-hybridized carbons (Fsp3) is 0.0714. The zero-order chi connectivity index (χ0) is 13.7. The lowest BCUT2D eigenvalue weighted by atomic mass is 10.3. The van der Waals surface area contributed by atoms with Crippen molar-refractivity contribution < 1.29 is 9.59 Å². The van der Waals surface area contributed by atoms with Gasteiger partial charge in [0, 0.05) is 18.8 Å². The summed E-state index contributed by atoms with van der Waals surface area (Å²) in [5.74, 6) is -0.374. The number of aromatic nitrogens is 1. The van der Waals surface area contributed by atoms with E-state index >= 15 is 0 Å². The normalized spacial score (nSPS) is 9.74. The molecule has 1 heterocycles. The zero-order valence-corrected chi connectivity index (χ0v) is 10.4. The second-order valence-corrected chi connectivity index (χ2v) is 3.86. The summed E-state index contributed by atoms with van der Waals surface area (Å²) in [6.07, 6.45) is 3.04. The van der Waals surface area contributed by atoms with Crippen LogP contribution in [-0.4, -0.2) is 16.9 Å². The van der Waals surface area contributed by atoms with Crippen molar-refractivity contribution in [3.63, 3.8) is 0 Å². The number of imide groups is 1. The molecule has 96 valence electrons. The summed E-state index contributed by atoms with van der Waals surface area (Å²) >= 11 is 0. The van der Waals surface area contributed by atoms with Gasteiger partial charge in [0.1, 0.15) is 0 Å². The summed E-state index contributed by atoms with van der Waals surface area (Å²) in [6, 6.07) is 11.8. The Kier molecular flexibility index (Phi) is 3.87. The van der Waals surface area contributed by atoms with Gasteiger partial charge in [0.05, 0.1) is 11.9 Å². The van der Waals surface area contributed by atoms with E-state index in [1.807, 2.05) is 6.07 Å². The third kappa shape index (κ3) is 3.16. The van der Waals surface area contributed by atoms with Gasteiger partial charge < -0.3 is 5.32 Å². The van der Waals surface area contributed by atoms with E-state index in [1.165, 1.54) is 13.1 Å². The standard InChI is InChI=1S/C14H13N3O2/c1-11(18)17(13-8-5-9-15-10-13)14(19)16-12-6-3-2-4-7-12/h2-10H,1H3,(H,16,19). The van der Waals surface area contributed by atoms with Crippen LogP contribution in [0.2, 0.25) is 0 Å². The second-order valence-electron chi connectivity index (χ2n) is 3.86. The number of rotatable bonds is 2. The maximum Gasteiger partial charge on any atom is 0.333 e. The Balaban J connectivity index is 2.21. The van der Waals surface area contributed by atoms with Gasteiger partial charge in [-0.1, -0.05) is 18.2 Å². The van der Waals surface area contributed by atoms with Gasteiger partial charge in [0.2, 0.25) is 5.91 Å². The number of para-hydroxylation sites is 1. The average molecular weight is 255 g/mol. The summed E-state index contributed by atoms with van der Waals surface area (Å²) in [4.78, 5) is 28.7. The van der Waals surface area contributed by atoms with Crippen LogP contribution in [0.3, 0.4) is 0 Å². The number of carbonyl (C=O) groups is 2. The first-order valence-electron chi connectivity index (χ1n) is 5.75. The van der Waals surface area contributed by atoms with Gasteiger partial charge in [-0.3, -0.25) is 9.78 Å². The number of anilines is 2. The van der Waals surface area contributed by atoms with E-state index in [0.29, 0.717) is 11.4 Å². The molecule has 0 unspecified atom stereocenters. The number of pyridine rings is 1. The molecule has 5 heteroatoms. The Morgan fingerprint density at radius 2 is 1.84 bits per heavy atom. The molecule has 3 amide bonds. The maximum absolute atomic E-state index is 12.1. The highest BCUT2D eigenvalue weighted by molar-refractivity contribution is 6.17. The molecule has 0 bridgehead atoms. The van der Waals surface area contributed by atoms with Gasteiger partial charge in [-0.05, 0) is 24.3 Å². The number of benzene rings is 1. The molecule has 0 aliphatic carbocycles. The highest BCUT2D eigenvalue weighted by Crippen LogP contribution is 2.14. The van der Waals surface area contributed by atoms with Crippen molar-refractivity contribution in [1.82, 2.24) is 4.98 Å². The number of carbonyl (C=O) groups excluding carboxylic acids is 2. The zero-order valence-electron chi connectivity index (χ0n) is 10.4. The molecular formula is C14H13N3O2. The third-order valence-electron chi connectivity index (χ3n) is 2.45. The first-order valence-corrected chi connectivity index (χ1v) is 5.75. The van der Waals surface area contributed by atoms with E-state index < -0.39 is 6.03 Å². The molecule has 0 spiro atoms. The number of hydrogen-bond donors (Lipinski definition) is 1. The van der Waals surface area contributed by atoms with E-state index in [4.69, 9.17) is 0 Å². The quantitative estimate of drug-likeness (QED) is 0.897. The van der Waals surface area contributed by atoms with Crippen molar-refractivity contribution in [2.24, 2.45) is 0 Å². The average Bonchev–Trinajstić information content (AvgIpc) is 2.40. The van der Waals surface area contributed by atoms with Crippen molar-refractivity contribution in [3.8, 4) is 0 Å². The molecule has 0 saturated heterocycles. The molecule has 0 atom stereocenters. The van der Waals surface area contributed by atoms with Crippen LogP contribution in [0, 0.1) is 0 Å². The monoisotopic (exact) mass is 255 g/mol. The van der Waals surface area contributed by atoms with E-state index in [9.17, 15) is 9.59 Å². The van der Waals surface area contributed by atoms with Gasteiger partial charge in [0.25, 0.3) is 0 Å². The molecule has 1 aromatic heterocycles. The molecule has 2 aromatic rings. The topological polar surface area (TPSA) is 62.3 Å². The fourth-order valence-electron chi connectivity index (χ4n) is 1.63. The number of amides is 3. The molecule has 19 heavy (non-hydrogen) atoms. The van der Waals surface area contributed by atoms with Gasteiger partial charge in [-0.25, -0.2) is 9.69 Å². The Morgan fingerprint density at radius 3 is 2.42 bits per heavy atom. The highest BCUT2D eigenvalue weighted by atomic mass is 16.2. The molecule has 5 nitrogen and oxygen atoms in total. The molecular weight excluding hydrogens is 242 g/mol. The Morgan fingerprint density at radius 1 is 1.11 bits per heavy atom. The second kappa shape index (κ2) is 5.77. The number of nitrogens with one attached hydrogen (secondary N) is 1. The molecule has 0 saturated carbocycles. The number of nitrogens with zero attached hydrogens (tertiary/aromatic N) is 2. The van der Waals surface area contributed by atoms with Crippen molar-refractivity contribution in [3.05, 3.63) is 54.9 Å². The maximum atomic E-state index is 12.1. The van der Waals surface area contributed by atoms with E-state index in [-0.39, 0.29) is 5.91 Å².